The van der Waals surface area contributed by atoms with Gasteiger partial charge in [-0.3, -0.25) is 4.79 Å². The zero-order chi connectivity index (χ0) is 15.1. The van der Waals surface area contributed by atoms with E-state index >= 15 is 0 Å². The second-order valence-electron chi connectivity index (χ2n) is 5.43. The molecule has 0 spiro atoms. The van der Waals surface area contributed by atoms with Gasteiger partial charge >= 0.3 is 0 Å². The molecule has 2 saturated heterocycles. The van der Waals surface area contributed by atoms with Crippen LogP contribution in [0, 0.1) is 4.77 Å². The molecule has 1 aromatic heterocycles. The van der Waals surface area contributed by atoms with Gasteiger partial charge in [-0.25, -0.2) is 9.36 Å². The van der Waals surface area contributed by atoms with Gasteiger partial charge in [0.1, 0.15) is 6.10 Å². The van der Waals surface area contributed by atoms with E-state index in [0.717, 1.165) is 5.56 Å². The zero-order valence-electron chi connectivity index (χ0n) is 11.7. The Morgan fingerprint density at radius 2 is 2.09 bits per heavy atom. The molecule has 8 heteroatoms. The third kappa shape index (κ3) is 2.29. The zero-order valence-corrected chi connectivity index (χ0v) is 12.5. The van der Waals surface area contributed by atoms with E-state index in [1.807, 2.05) is 30.3 Å². The molecule has 2 aliphatic heterocycles. The maximum Gasteiger partial charge on any atom is 0.218 e. The molecule has 2 aliphatic rings. The Hall–Kier alpha value is -1.90. The van der Waals surface area contributed by atoms with E-state index in [4.69, 9.17) is 21.7 Å². The number of ketones is 1. The number of aromatic nitrogens is 4. The van der Waals surface area contributed by atoms with Crippen LogP contribution in [-0.2, 0) is 20.8 Å². The first-order chi connectivity index (χ1) is 10.7. The third-order valence-electron chi connectivity index (χ3n) is 3.96. The van der Waals surface area contributed by atoms with Gasteiger partial charge in [-0.1, -0.05) is 30.3 Å². The number of benzene rings is 1. The van der Waals surface area contributed by atoms with Gasteiger partial charge in [0.25, 0.3) is 0 Å². The van der Waals surface area contributed by atoms with E-state index in [1.165, 1.54) is 0 Å². The quantitative estimate of drug-likeness (QED) is 0.790. The van der Waals surface area contributed by atoms with E-state index in [9.17, 15) is 4.79 Å². The largest absolute Gasteiger partial charge is 0.343 e. The minimum Gasteiger partial charge on any atom is -0.343 e. The van der Waals surface area contributed by atoms with Crippen LogP contribution < -0.4 is 0 Å². The summed E-state index contributed by atoms with van der Waals surface area (Å²) in [7, 11) is 0. The van der Waals surface area contributed by atoms with Crippen molar-refractivity contribution in [2.24, 2.45) is 0 Å². The maximum atomic E-state index is 11.9. The Morgan fingerprint density at radius 3 is 2.91 bits per heavy atom. The highest BCUT2D eigenvalue weighted by molar-refractivity contribution is 7.71. The summed E-state index contributed by atoms with van der Waals surface area (Å²) in [6.45, 7) is 0.930. The molecular formula is C14H14N4O3S. The number of carbonyl (C=O) groups excluding carboxylic acids is 1. The molecule has 2 fully saturated rings. The molecule has 114 valence electrons. The summed E-state index contributed by atoms with van der Waals surface area (Å²) >= 11 is 5.45. The lowest BCUT2D eigenvalue weighted by molar-refractivity contribution is -0.156. The van der Waals surface area contributed by atoms with E-state index in [1.54, 1.807) is 9.36 Å². The van der Waals surface area contributed by atoms with Gasteiger partial charge in [0.15, 0.2) is 5.78 Å². The molecule has 0 aliphatic carbocycles. The average molecular weight is 318 g/mol. The van der Waals surface area contributed by atoms with Crippen LogP contribution in [0.15, 0.2) is 30.3 Å². The van der Waals surface area contributed by atoms with Crippen LogP contribution in [0.3, 0.4) is 0 Å². The van der Waals surface area contributed by atoms with Gasteiger partial charge in [-0.05, 0) is 28.2 Å². The lowest BCUT2D eigenvalue weighted by Crippen LogP contribution is -2.37. The maximum absolute atomic E-state index is 11.9. The summed E-state index contributed by atoms with van der Waals surface area (Å²) in [5.41, 5.74) is 1.09. The van der Waals surface area contributed by atoms with E-state index in [0.29, 0.717) is 24.3 Å². The van der Waals surface area contributed by atoms with Gasteiger partial charge in [0.05, 0.1) is 19.2 Å². The van der Waals surface area contributed by atoms with Crippen molar-refractivity contribution in [3.63, 3.8) is 0 Å². The number of hydrogen-bond donors (Lipinski definition) is 0. The van der Waals surface area contributed by atoms with E-state index < -0.39 is 6.29 Å². The van der Waals surface area contributed by atoms with Crippen LogP contribution in [0.5, 0.6) is 0 Å². The number of carbonyl (C=O) groups is 1. The van der Waals surface area contributed by atoms with Crippen molar-refractivity contribution in [2.45, 2.75) is 31.4 Å². The molecule has 22 heavy (non-hydrogen) atoms. The Morgan fingerprint density at radius 1 is 1.27 bits per heavy atom. The molecule has 0 amide bonds. The van der Waals surface area contributed by atoms with Crippen LogP contribution in [-0.4, -0.2) is 44.6 Å². The number of rotatable bonds is 3. The molecule has 0 saturated carbocycles. The number of nitrogens with zero attached hydrogens (tertiary/aromatic N) is 4. The highest BCUT2D eigenvalue weighted by Gasteiger charge is 2.45. The summed E-state index contributed by atoms with van der Waals surface area (Å²) in [4.78, 5) is 11.9. The molecule has 1 aromatic carbocycles. The molecule has 4 rings (SSSR count). The highest BCUT2D eigenvalue weighted by atomic mass is 32.1. The first-order valence-electron chi connectivity index (χ1n) is 7.08. The van der Waals surface area contributed by atoms with Crippen molar-refractivity contribution in [1.82, 2.24) is 19.8 Å². The predicted octanol–water partition coefficient (Wildman–Crippen LogP) is 1.11. The van der Waals surface area contributed by atoms with Crippen molar-refractivity contribution >= 4 is 18.0 Å². The summed E-state index contributed by atoms with van der Waals surface area (Å²) in [5.74, 6) is -0.0711. The minimum atomic E-state index is -0.713. The SMILES string of the molecule is O=C1CC(n2nnn(Cc3ccccc3)c2=S)C2COC1O2. The van der Waals surface area contributed by atoms with Gasteiger partial charge in [-0.2, -0.15) is 0 Å². The molecule has 2 aromatic rings. The fourth-order valence-corrected chi connectivity index (χ4v) is 3.09. The lowest BCUT2D eigenvalue weighted by atomic mass is 10.0. The van der Waals surface area contributed by atoms with Gasteiger partial charge in [0.2, 0.25) is 11.1 Å². The Bertz CT molecular complexity index is 757. The van der Waals surface area contributed by atoms with Crippen molar-refractivity contribution in [3.8, 4) is 0 Å². The first-order valence-corrected chi connectivity index (χ1v) is 7.49. The van der Waals surface area contributed by atoms with Gasteiger partial charge in [-0.15, -0.1) is 0 Å². The summed E-state index contributed by atoms with van der Waals surface area (Å²) < 4.78 is 14.6. The molecule has 2 bridgehead atoms. The van der Waals surface area contributed by atoms with Crippen LogP contribution >= 0.6 is 12.2 Å². The van der Waals surface area contributed by atoms with Crippen molar-refractivity contribution < 1.29 is 14.3 Å². The van der Waals surface area contributed by atoms with Crippen LogP contribution in [0.4, 0.5) is 0 Å². The lowest BCUT2D eigenvalue weighted by Gasteiger charge is -2.25. The number of tetrazole rings is 1. The summed E-state index contributed by atoms with van der Waals surface area (Å²) in [6.07, 6.45) is -0.598. The second kappa shape index (κ2) is 5.38. The molecule has 0 radical (unpaired) electrons. The Labute approximate surface area is 131 Å². The highest BCUT2D eigenvalue weighted by Crippen LogP contribution is 2.32. The number of ether oxygens (including phenoxy) is 2. The van der Waals surface area contributed by atoms with Gasteiger partial charge < -0.3 is 9.47 Å². The monoisotopic (exact) mass is 318 g/mol. The number of Topliss-reactive ketones (excluding diaryl/α,β-unsaturated/α-hetero) is 1. The molecule has 7 nitrogen and oxygen atoms in total. The fraction of sp³-hybridized carbons (Fsp3) is 0.429. The normalized spacial score (nSPS) is 27.3. The van der Waals surface area contributed by atoms with E-state index in [2.05, 4.69) is 10.4 Å². The first kappa shape index (κ1) is 13.7. The minimum absolute atomic E-state index is 0.0711. The van der Waals surface area contributed by atoms with Crippen molar-refractivity contribution in [1.29, 1.82) is 0 Å². The van der Waals surface area contributed by atoms with Crippen LogP contribution in [0.1, 0.15) is 18.0 Å². The molecule has 0 N–H and O–H groups in total. The molecular weight excluding hydrogens is 304 g/mol. The van der Waals surface area contributed by atoms with Gasteiger partial charge in [0, 0.05) is 6.42 Å². The molecule has 3 unspecified atom stereocenters. The number of hydrogen-bond acceptors (Lipinski definition) is 6. The predicted molar refractivity (Wildman–Crippen MR) is 77.7 cm³/mol. The fourth-order valence-electron chi connectivity index (χ4n) is 2.82. The van der Waals surface area contributed by atoms with Crippen LogP contribution in [0.2, 0.25) is 0 Å². The smallest absolute Gasteiger partial charge is 0.218 e. The van der Waals surface area contributed by atoms with Crippen molar-refractivity contribution in [2.75, 3.05) is 6.61 Å². The molecule has 3 atom stereocenters. The topological polar surface area (TPSA) is 71.2 Å². The standard InChI is InChI=1S/C14H14N4O3S/c19-11-6-10(12-8-20-13(11)21-12)18-14(22)17(15-16-18)7-9-4-2-1-3-5-9/h1-5,10,12-13H,6-8H2. The second-order valence-corrected chi connectivity index (χ2v) is 5.79. The average Bonchev–Trinajstić information content (AvgIpc) is 3.11. The third-order valence-corrected chi connectivity index (χ3v) is 4.36. The Kier molecular flexibility index (Phi) is 3.36. The summed E-state index contributed by atoms with van der Waals surface area (Å²) in [6, 6.07) is 9.65. The van der Waals surface area contributed by atoms with Crippen LogP contribution in [0.25, 0.3) is 0 Å². The number of fused-ring (bicyclic) bond motifs is 2. The Balaban J connectivity index is 1.61. The molecule has 3 heterocycles. The van der Waals surface area contributed by atoms with E-state index in [-0.39, 0.29) is 17.9 Å². The summed E-state index contributed by atoms with van der Waals surface area (Å²) in [5, 5.41) is 8.24. The van der Waals surface area contributed by atoms with Crippen molar-refractivity contribution in [3.05, 3.63) is 40.7 Å².